The lowest BCUT2D eigenvalue weighted by molar-refractivity contribution is -0.185. The van der Waals surface area contributed by atoms with Gasteiger partial charge in [-0.15, -0.1) is 0 Å². The van der Waals surface area contributed by atoms with Gasteiger partial charge in [-0.2, -0.15) is 18.3 Å². The molecule has 2 N–H and O–H groups in total. The van der Waals surface area contributed by atoms with E-state index in [0.717, 1.165) is 18.5 Å². The van der Waals surface area contributed by atoms with E-state index in [0.29, 0.717) is 18.7 Å². The first-order chi connectivity index (χ1) is 9.90. The molecule has 1 aliphatic rings. The van der Waals surface area contributed by atoms with Gasteiger partial charge in [-0.1, -0.05) is 19.8 Å². The van der Waals surface area contributed by atoms with Crippen molar-refractivity contribution in [3.8, 4) is 0 Å². The fourth-order valence-electron chi connectivity index (χ4n) is 2.78. The van der Waals surface area contributed by atoms with Crippen LogP contribution in [-0.2, 0) is 11.2 Å². The molecular weight excluding hydrogens is 283 g/mol. The summed E-state index contributed by atoms with van der Waals surface area (Å²) in [6.07, 6.45) is -1.50. The molecule has 1 aliphatic carbocycles. The average molecular weight is 303 g/mol. The SMILES string of the molecule is CCCc1cc(NC(=O)C2CCCC(C(F)(F)F)C2)n[nH]1. The summed E-state index contributed by atoms with van der Waals surface area (Å²) in [5, 5.41) is 9.38. The molecule has 1 saturated carbocycles. The number of aromatic nitrogens is 2. The van der Waals surface area contributed by atoms with Crippen molar-refractivity contribution >= 4 is 11.7 Å². The second-order valence-corrected chi connectivity index (χ2v) is 5.62. The summed E-state index contributed by atoms with van der Waals surface area (Å²) in [5.41, 5.74) is 0.907. The minimum atomic E-state index is -4.21. The van der Waals surface area contributed by atoms with Gasteiger partial charge in [0.05, 0.1) is 5.92 Å². The molecule has 2 unspecified atom stereocenters. The largest absolute Gasteiger partial charge is 0.391 e. The third-order valence-electron chi connectivity index (χ3n) is 3.91. The molecule has 118 valence electrons. The van der Waals surface area contributed by atoms with Gasteiger partial charge in [0, 0.05) is 17.7 Å². The van der Waals surface area contributed by atoms with E-state index in [1.54, 1.807) is 6.07 Å². The standard InChI is InChI=1S/C14H20F3N3O/c1-2-4-11-8-12(20-19-11)18-13(21)9-5-3-6-10(7-9)14(15,16)17/h8-10H,2-7H2,1H3,(H2,18,19,20,21). The van der Waals surface area contributed by atoms with Crippen molar-refractivity contribution in [2.75, 3.05) is 5.32 Å². The molecule has 0 aliphatic heterocycles. The van der Waals surface area contributed by atoms with E-state index in [-0.39, 0.29) is 18.7 Å². The van der Waals surface area contributed by atoms with Crippen molar-refractivity contribution in [3.63, 3.8) is 0 Å². The van der Waals surface area contributed by atoms with Gasteiger partial charge in [-0.3, -0.25) is 9.89 Å². The van der Waals surface area contributed by atoms with E-state index < -0.39 is 18.0 Å². The molecule has 0 saturated heterocycles. The Bertz CT molecular complexity index is 484. The number of alkyl halides is 3. The Morgan fingerprint density at radius 1 is 1.48 bits per heavy atom. The van der Waals surface area contributed by atoms with Crippen LogP contribution in [0.25, 0.3) is 0 Å². The number of amides is 1. The van der Waals surface area contributed by atoms with Gasteiger partial charge in [-0.25, -0.2) is 0 Å². The van der Waals surface area contributed by atoms with Crippen molar-refractivity contribution in [3.05, 3.63) is 11.8 Å². The number of hydrogen-bond donors (Lipinski definition) is 2. The first-order valence-corrected chi connectivity index (χ1v) is 7.32. The predicted octanol–water partition coefficient (Wildman–Crippen LogP) is 3.67. The summed E-state index contributed by atoms with van der Waals surface area (Å²) in [6.45, 7) is 2.03. The minimum absolute atomic E-state index is 0.121. The van der Waals surface area contributed by atoms with Crippen LogP contribution in [-0.4, -0.2) is 22.3 Å². The molecule has 1 amide bonds. The number of rotatable bonds is 4. The van der Waals surface area contributed by atoms with Gasteiger partial charge in [0.25, 0.3) is 0 Å². The van der Waals surface area contributed by atoms with E-state index >= 15 is 0 Å². The Morgan fingerprint density at radius 3 is 2.90 bits per heavy atom. The molecule has 1 fully saturated rings. The molecule has 4 nitrogen and oxygen atoms in total. The number of halogens is 3. The molecule has 1 heterocycles. The third kappa shape index (κ3) is 4.22. The zero-order valence-electron chi connectivity index (χ0n) is 12.0. The van der Waals surface area contributed by atoms with Gasteiger partial charge in [0.15, 0.2) is 5.82 Å². The maximum Gasteiger partial charge on any atom is 0.391 e. The number of nitrogens with one attached hydrogen (secondary N) is 2. The second kappa shape index (κ2) is 6.49. The Morgan fingerprint density at radius 2 is 2.24 bits per heavy atom. The number of nitrogens with zero attached hydrogens (tertiary/aromatic N) is 1. The van der Waals surface area contributed by atoms with Crippen LogP contribution in [0.4, 0.5) is 19.0 Å². The van der Waals surface area contributed by atoms with Crippen molar-refractivity contribution in [2.45, 2.75) is 51.6 Å². The van der Waals surface area contributed by atoms with Crippen LogP contribution in [0.5, 0.6) is 0 Å². The number of hydrogen-bond acceptors (Lipinski definition) is 2. The van der Waals surface area contributed by atoms with E-state index in [1.165, 1.54) is 0 Å². The van der Waals surface area contributed by atoms with Gasteiger partial charge in [0.1, 0.15) is 0 Å². The second-order valence-electron chi connectivity index (χ2n) is 5.62. The minimum Gasteiger partial charge on any atom is -0.309 e. The van der Waals surface area contributed by atoms with Crippen LogP contribution in [0, 0.1) is 11.8 Å². The first-order valence-electron chi connectivity index (χ1n) is 7.32. The number of aromatic amines is 1. The van der Waals surface area contributed by atoms with Crippen LogP contribution < -0.4 is 5.32 Å². The number of H-pyrrole nitrogens is 1. The maximum absolute atomic E-state index is 12.7. The van der Waals surface area contributed by atoms with Gasteiger partial charge in [-0.05, 0) is 25.7 Å². The summed E-state index contributed by atoms with van der Waals surface area (Å²) in [7, 11) is 0. The monoisotopic (exact) mass is 303 g/mol. The number of aryl methyl sites for hydroxylation is 1. The topological polar surface area (TPSA) is 57.8 Å². The highest BCUT2D eigenvalue weighted by Crippen LogP contribution is 2.40. The normalized spacial score (nSPS) is 23.0. The lowest BCUT2D eigenvalue weighted by Crippen LogP contribution is -2.34. The lowest BCUT2D eigenvalue weighted by atomic mass is 9.80. The fourth-order valence-corrected chi connectivity index (χ4v) is 2.78. The summed E-state index contributed by atoms with van der Waals surface area (Å²) in [4.78, 5) is 12.1. The predicted molar refractivity (Wildman–Crippen MR) is 72.7 cm³/mol. The van der Waals surface area contributed by atoms with Gasteiger partial charge >= 0.3 is 6.18 Å². The van der Waals surface area contributed by atoms with E-state index in [2.05, 4.69) is 15.5 Å². The Labute approximate surface area is 121 Å². The van der Waals surface area contributed by atoms with Crippen LogP contribution in [0.1, 0.15) is 44.7 Å². The zero-order chi connectivity index (χ0) is 15.5. The van der Waals surface area contributed by atoms with E-state index in [9.17, 15) is 18.0 Å². The van der Waals surface area contributed by atoms with Crippen LogP contribution in [0.15, 0.2) is 6.07 Å². The zero-order valence-corrected chi connectivity index (χ0v) is 12.0. The van der Waals surface area contributed by atoms with Crippen LogP contribution in [0.2, 0.25) is 0 Å². The molecule has 7 heteroatoms. The smallest absolute Gasteiger partial charge is 0.309 e. The molecular formula is C14H20F3N3O. The lowest BCUT2D eigenvalue weighted by Gasteiger charge is -2.29. The van der Waals surface area contributed by atoms with Gasteiger partial charge in [0.2, 0.25) is 5.91 Å². The highest BCUT2D eigenvalue weighted by Gasteiger charge is 2.43. The molecule has 1 aromatic heterocycles. The van der Waals surface area contributed by atoms with E-state index in [4.69, 9.17) is 0 Å². The van der Waals surface area contributed by atoms with Crippen molar-refractivity contribution in [1.82, 2.24) is 10.2 Å². The maximum atomic E-state index is 12.7. The molecule has 0 aromatic carbocycles. The Kier molecular flexibility index (Phi) is 4.90. The Hall–Kier alpha value is -1.53. The van der Waals surface area contributed by atoms with Crippen molar-refractivity contribution < 1.29 is 18.0 Å². The molecule has 0 radical (unpaired) electrons. The highest BCUT2D eigenvalue weighted by atomic mass is 19.4. The van der Waals surface area contributed by atoms with Crippen molar-refractivity contribution in [1.29, 1.82) is 0 Å². The number of anilines is 1. The van der Waals surface area contributed by atoms with Gasteiger partial charge < -0.3 is 5.32 Å². The average Bonchev–Trinajstić information content (AvgIpc) is 2.86. The number of carbonyl (C=O) groups excluding carboxylic acids is 1. The first kappa shape index (κ1) is 15.9. The molecule has 1 aromatic rings. The summed E-state index contributed by atoms with van der Waals surface area (Å²) in [6, 6.07) is 1.73. The van der Waals surface area contributed by atoms with Crippen LogP contribution in [0.3, 0.4) is 0 Å². The highest BCUT2D eigenvalue weighted by molar-refractivity contribution is 5.91. The third-order valence-corrected chi connectivity index (χ3v) is 3.91. The summed E-state index contributed by atoms with van der Waals surface area (Å²) in [5.74, 6) is -1.93. The molecule has 21 heavy (non-hydrogen) atoms. The van der Waals surface area contributed by atoms with Crippen LogP contribution >= 0.6 is 0 Å². The number of carbonyl (C=O) groups is 1. The molecule has 2 atom stereocenters. The fraction of sp³-hybridized carbons (Fsp3) is 0.714. The summed E-state index contributed by atoms with van der Waals surface area (Å²) >= 11 is 0. The van der Waals surface area contributed by atoms with E-state index in [1.807, 2.05) is 6.92 Å². The quantitative estimate of drug-likeness (QED) is 0.891. The summed E-state index contributed by atoms with van der Waals surface area (Å²) < 4.78 is 38.2. The Balaban J connectivity index is 1.93. The molecule has 0 spiro atoms. The molecule has 2 rings (SSSR count). The molecule has 0 bridgehead atoms. The van der Waals surface area contributed by atoms with Crippen molar-refractivity contribution in [2.24, 2.45) is 11.8 Å².